The predicted octanol–water partition coefficient (Wildman–Crippen LogP) is 4.61. The van der Waals surface area contributed by atoms with E-state index in [0.29, 0.717) is 11.4 Å². The smallest absolute Gasteiger partial charge is 0.264 e. The van der Waals surface area contributed by atoms with E-state index in [1.807, 2.05) is 54.6 Å². The van der Waals surface area contributed by atoms with Crippen molar-refractivity contribution in [2.24, 2.45) is 0 Å². The summed E-state index contributed by atoms with van der Waals surface area (Å²) in [4.78, 5) is 8.51. The van der Waals surface area contributed by atoms with Crippen molar-refractivity contribution in [2.75, 3.05) is 4.72 Å². The lowest BCUT2D eigenvalue weighted by Gasteiger charge is -2.11. The van der Waals surface area contributed by atoms with Crippen LogP contribution in [0.4, 0.5) is 5.95 Å². The molecule has 0 atom stereocenters. The number of nitrogens with zero attached hydrogens (tertiary/aromatic N) is 3. The Balaban J connectivity index is 1.74. The van der Waals surface area contributed by atoms with Crippen LogP contribution in [0.2, 0.25) is 0 Å². The van der Waals surface area contributed by atoms with Gasteiger partial charge in [0.05, 0.1) is 22.2 Å². The molecule has 0 aliphatic carbocycles. The van der Waals surface area contributed by atoms with Crippen molar-refractivity contribution >= 4 is 16.0 Å². The van der Waals surface area contributed by atoms with Crippen molar-refractivity contribution in [3.05, 3.63) is 96.6 Å². The molecule has 1 N–H and O–H groups in total. The van der Waals surface area contributed by atoms with Gasteiger partial charge in [-0.1, -0.05) is 54.6 Å². The zero-order valence-electron chi connectivity index (χ0n) is 16.1. The average molecular weight is 428 g/mol. The molecule has 31 heavy (non-hydrogen) atoms. The SMILES string of the molecule is N#Cc1cccc(S(=O)(=O)Nc2nc(Oc3ccccc3)cc(-c3ccccc3)n2)c1. The number of benzene rings is 3. The molecule has 0 bridgehead atoms. The van der Waals surface area contributed by atoms with Crippen LogP contribution in [0.25, 0.3) is 11.3 Å². The molecule has 4 aromatic rings. The van der Waals surface area contributed by atoms with Gasteiger partial charge in [0.25, 0.3) is 10.0 Å². The monoisotopic (exact) mass is 428 g/mol. The number of nitriles is 1. The molecule has 1 aromatic heterocycles. The number of sulfonamides is 1. The second kappa shape index (κ2) is 8.65. The van der Waals surface area contributed by atoms with E-state index in [1.165, 1.54) is 24.3 Å². The van der Waals surface area contributed by atoms with Gasteiger partial charge in [0.1, 0.15) is 5.75 Å². The average Bonchev–Trinajstić information content (AvgIpc) is 2.80. The molecule has 0 saturated carbocycles. The first-order valence-corrected chi connectivity index (χ1v) is 10.7. The van der Waals surface area contributed by atoms with Gasteiger partial charge in [0.2, 0.25) is 11.8 Å². The van der Waals surface area contributed by atoms with E-state index in [-0.39, 0.29) is 22.3 Å². The summed E-state index contributed by atoms with van der Waals surface area (Å²) in [6.07, 6.45) is 0. The quantitative estimate of drug-likeness (QED) is 0.481. The number of hydrogen-bond donors (Lipinski definition) is 1. The number of ether oxygens (including phenoxy) is 1. The summed E-state index contributed by atoms with van der Waals surface area (Å²) in [7, 11) is -4.02. The minimum absolute atomic E-state index is 0.0641. The molecule has 0 aliphatic rings. The molecule has 0 saturated heterocycles. The minimum atomic E-state index is -4.02. The molecule has 0 spiro atoms. The van der Waals surface area contributed by atoms with E-state index in [4.69, 9.17) is 10.00 Å². The highest BCUT2D eigenvalue weighted by Gasteiger charge is 2.18. The third kappa shape index (κ3) is 4.86. The molecule has 0 unspecified atom stereocenters. The highest BCUT2D eigenvalue weighted by Crippen LogP contribution is 2.27. The Kier molecular flexibility index (Phi) is 5.60. The van der Waals surface area contributed by atoms with Crippen molar-refractivity contribution in [3.8, 4) is 29.0 Å². The number of aromatic nitrogens is 2. The lowest BCUT2D eigenvalue weighted by atomic mass is 10.1. The molecule has 7 nitrogen and oxygen atoms in total. The van der Waals surface area contributed by atoms with E-state index >= 15 is 0 Å². The van der Waals surface area contributed by atoms with Gasteiger partial charge < -0.3 is 4.74 Å². The lowest BCUT2D eigenvalue weighted by molar-refractivity contribution is 0.463. The van der Waals surface area contributed by atoms with Gasteiger partial charge in [0.15, 0.2) is 0 Å². The second-order valence-electron chi connectivity index (χ2n) is 6.44. The maximum absolute atomic E-state index is 12.8. The molecular formula is C23H16N4O3S. The standard InChI is InChI=1S/C23H16N4O3S/c24-16-17-8-7-13-20(14-17)31(28,29)27-23-25-21(18-9-3-1-4-10-18)15-22(26-23)30-19-11-5-2-6-12-19/h1-15H,(H,25,26,27). The third-order valence-corrected chi connectivity index (χ3v) is 5.56. The largest absolute Gasteiger partial charge is 0.439 e. The maximum atomic E-state index is 12.8. The molecule has 8 heteroatoms. The summed E-state index contributed by atoms with van der Waals surface area (Å²) in [5.74, 6) is 0.592. The molecule has 0 amide bonds. The van der Waals surface area contributed by atoms with Gasteiger partial charge in [-0.25, -0.2) is 18.1 Å². The molecular weight excluding hydrogens is 412 g/mol. The van der Waals surface area contributed by atoms with Crippen molar-refractivity contribution < 1.29 is 13.2 Å². The number of anilines is 1. The van der Waals surface area contributed by atoms with Gasteiger partial charge in [-0.3, -0.25) is 0 Å². The van der Waals surface area contributed by atoms with E-state index in [0.717, 1.165) is 5.56 Å². The molecule has 0 radical (unpaired) electrons. The second-order valence-corrected chi connectivity index (χ2v) is 8.12. The summed E-state index contributed by atoms with van der Waals surface area (Å²) >= 11 is 0. The Morgan fingerprint density at radius 1 is 0.839 bits per heavy atom. The van der Waals surface area contributed by atoms with Crippen molar-refractivity contribution in [1.82, 2.24) is 9.97 Å². The van der Waals surface area contributed by atoms with Gasteiger partial charge >= 0.3 is 0 Å². The van der Waals surface area contributed by atoms with E-state index < -0.39 is 10.0 Å². The van der Waals surface area contributed by atoms with Crippen molar-refractivity contribution in [2.45, 2.75) is 4.90 Å². The maximum Gasteiger partial charge on any atom is 0.264 e. The Hall–Kier alpha value is -4.22. The summed E-state index contributed by atoms with van der Waals surface area (Å²) in [6, 6.07) is 27.6. The van der Waals surface area contributed by atoms with Crippen LogP contribution in [0.15, 0.2) is 95.9 Å². The molecule has 0 aliphatic heterocycles. The van der Waals surface area contributed by atoms with Crippen LogP contribution in [0.1, 0.15) is 5.56 Å². The van der Waals surface area contributed by atoms with E-state index in [1.54, 1.807) is 18.2 Å². The topological polar surface area (TPSA) is 105 Å². The van der Waals surface area contributed by atoms with Crippen LogP contribution >= 0.6 is 0 Å². The summed E-state index contributed by atoms with van der Waals surface area (Å²) in [6.45, 7) is 0. The zero-order valence-corrected chi connectivity index (χ0v) is 17.0. The fourth-order valence-corrected chi connectivity index (χ4v) is 3.79. The molecule has 152 valence electrons. The first kappa shape index (κ1) is 20.1. The third-order valence-electron chi connectivity index (χ3n) is 4.24. The minimum Gasteiger partial charge on any atom is -0.439 e. The lowest BCUT2D eigenvalue weighted by Crippen LogP contribution is -2.15. The number of para-hydroxylation sites is 1. The van der Waals surface area contributed by atoms with Crippen LogP contribution in [0.5, 0.6) is 11.6 Å². The van der Waals surface area contributed by atoms with Gasteiger partial charge in [-0.2, -0.15) is 10.2 Å². The molecule has 1 heterocycles. The highest BCUT2D eigenvalue weighted by molar-refractivity contribution is 7.92. The highest BCUT2D eigenvalue weighted by atomic mass is 32.2. The zero-order chi connectivity index (χ0) is 21.7. The number of nitrogens with one attached hydrogen (secondary N) is 1. The van der Waals surface area contributed by atoms with Crippen LogP contribution in [0, 0.1) is 11.3 Å². The number of rotatable bonds is 6. The summed E-state index contributed by atoms with van der Waals surface area (Å²) in [5.41, 5.74) is 1.50. The summed E-state index contributed by atoms with van der Waals surface area (Å²) in [5, 5.41) is 9.05. The van der Waals surface area contributed by atoms with Crippen LogP contribution in [-0.4, -0.2) is 18.4 Å². The predicted molar refractivity (Wildman–Crippen MR) is 116 cm³/mol. The van der Waals surface area contributed by atoms with E-state index in [9.17, 15) is 8.42 Å². The number of hydrogen-bond acceptors (Lipinski definition) is 6. The van der Waals surface area contributed by atoms with Crippen LogP contribution < -0.4 is 9.46 Å². The first-order valence-electron chi connectivity index (χ1n) is 9.24. The normalized spacial score (nSPS) is 10.8. The van der Waals surface area contributed by atoms with Gasteiger partial charge in [0, 0.05) is 11.6 Å². The van der Waals surface area contributed by atoms with Crippen molar-refractivity contribution in [1.29, 1.82) is 5.26 Å². The Morgan fingerprint density at radius 3 is 2.26 bits per heavy atom. The fourth-order valence-electron chi connectivity index (χ4n) is 2.80. The van der Waals surface area contributed by atoms with Gasteiger partial charge in [-0.15, -0.1) is 0 Å². The summed E-state index contributed by atoms with van der Waals surface area (Å²) < 4.78 is 33.9. The molecule has 4 rings (SSSR count). The fraction of sp³-hybridized carbons (Fsp3) is 0. The molecule has 3 aromatic carbocycles. The van der Waals surface area contributed by atoms with Crippen LogP contribution in [-0.2, 0) is 10.0 Å². The Morgan fingerprint density at radius 2 is 1.55 bits per heavy atom. The Bertz CT molecular complexity index is 1350. The Labute approximate surface area is 179 Å². The van der Waals surface area contributed by atoms with Gasteiger partial charge in [-0.05, 0) is 30.3 Å². The van der Waals surface area contributed by atoms with Crippen LogP contribution in [0.3, 0.4) is 0 Å². The van der Waals surface area contributed by atoms with E-state index in [2.05, 4.69) is 14.7 Å². The first-order chi connectivity index (χ1) is 15.0. The van der Waals surface area contributed by atoms with Crippen molar-refractivity contribution in [3.63, 3.8) is 0 Å². The molecule has 0 fully saturated rings.